The van der Waals surface area contributed by atoms with E-state index in [2.05, 4.69) is 4.74 Å². The third kappa shape index (κ3) is 27.9. The van der Waals surface area contributed by atoms with Crippen molar-refractivity contribution in [1.29, 1.82) is 0 Å². The SMILES string of the molecule is COCCC(C)=O.O=C=O. The average molecular weight is 146 g/mol. The Kier molecular flexibility index (Phi) is 12.8. The molecule has 0 bridgehead atoms. The van der Waals surface area contributed by atoms with Gasteiger partial charge < -0.3 is 4.74 Å². The van der Waals surface area contributed by atoms with Gasteiger partial charge in [0.25, 0.3) is 0 Å². The summed E-state index contributed by atoms with van der Waals surface area (Å²) < 4.78 is 4.63. The van der Waals surface area contributed by atoms with Gasteiger partial charge in [0, 0.05) is 13.5 Å². The van der Waals surface area contributed by atoms with Gasteiger partial charge in [-0.15, -0.1) is 0 Å². The molecule has 0 N–H and O–H groups in total. The number of methoxy groups -OCH3 is 1. The van der Waals surface area contributed by atoms with Crippen LogP contribution in [-0.4, -0.2) is 25.7 Å². The highest BCUT2D eigenvalue weighted by Crippen LogP contribution is 1.79. The maximum Gasteiger partial charge on any atom is 0.373 e. The van der Waals surface area contributed by atoms with Crippen LogP contribution in [-0.2, 0) is 19.1 Å². The fraction of sp³-hybridized carbons (Fsp3) is 0.667. The molecule has 0 fully saturated rings. The van der Waals surface area contributed by atoms with Crippen LogP contribution in [0.5, 0.6) is 0 Å². The highest BCUT2D eigenvalue weighted by molar-refractivity contribution is 5.75. The normalized spacial score (nSPS) is 7.00. The molecule has 4 nitrogen and oxygen atoms in total. The molecule has 0 aliphatic heterocycles. The van der Waals surface area contributed by atoms with Crippen LogP contribution in [0, 0.1) is 0 Å². The Morgan fingerprint density at radius 3 is 2.00 bits per heavy atom. The number of carbonyl (C=O) groups is 1. The molecule has 58 valence electrons. The first-order valence-electron chi connectivity index (χ1n) is 2.66. The van der Waals surface area contributed by atoms with Gasteiger partial charge in [-0.25, -0.2) is 0 Å². The van der Waals surface area contributed by atoms with Crippen molar-refractivity contribution < 1.29 is 19.1 Å². The molecule has 0 rings (SSSR count). The fourth-order valence-electron chi connectivity index (χ4n) is 0.246. The molecule has 0 aromatic rings. The van der Waals surface area contributed by atoms with E-state index in [9.17, 15) is 4.79 Å². The molecule has 0 radical (unpaired) electrons. The lowest BCUT2D eigenvalue weighted by Gasteiger charge is -1.89. The number of ether oxygens (including phenoxy) is 1. The Balaban J connectivity index is 0. The van der Waals surface area contributed by atoms with E-state index in [4.69, 9.17) is 9.59 Å². The van der Waals surface area contributed by atoms with Crippen molar-refractivity contribution >= 4 is 11.9 Å². The molecule has 0 heterocycles. The van der Waals surface area contributed by atoms with E-state index >= 15 is 0 Å². The predicted molar refractivity (Wildman–Crippen MR) is 32.2 cm³/mol. The Labute approximate surface area is 59.2 Å². The van der Waals surface area contributed by atoms with Crippen molar-refractivity contribution in [2.45, 2.75) is 13.3 Å². The first-order valence-corrected chi connectivity index (χ1v) is 2.66. The summed E-state index contributed by atoms with van der Waals surface area (Å²) in [5.74, 6) is 0.182. The van der Waals surface area contributed by atoms with Gasteiger partial charge in [-0.2, -0.15) is 9.59 Å². The first kappa shape index (κ1) is 11.8. The summed E-state index contributed by atoms with van der Waals surface area (Å²) in [5, 5.41) is 0. The first-order chi connectivity index (χ1) is 4.68. The van der Waals surface area contributed by atoms with Crippen LogP contribution >= 0.6 is 0 Å². The minimum Gasteiger partial charge on any atom is -0.384 e. The van der Waals surface area contributed by atoms with Crippen molar-refractivity contribution in [2.75, 3.05) is 13.7 Å². The van der Waals surface area contributed by atoms with E-state index in [1.165, 1.54) is 0 Å². The summed E-state index contributed by atoms with van der Waals surface area (Å²) >= 11 is 0. The van der Waals surface area contributed by atoms with Crippen molar-refractivity contribution in [3.8, 4) is 0 Å². The van der Waals surface area contributed by atoms with Gasteiger partial charge >= 0.3 is 6.15 Å². The maximum atomic E-state index is 10.1. The number of ketones is 1. The Hall–Kier alpha value is -0.990. The topological polar surface area (TPSA) is 60.4 Å². The smallest absolute Gasteiger partial charge is 0.373 e. The van der Waals surface area contributed by atoms with Gasteiger partial charge in [0.1, 0.15) is 5.78 Å². The van der Waals surface area contributed by atoms with E-state index in [0.29, 0.717) is 13.0 Å². The van der Waals surface area contributed by atoms with Crippen molar-refractivity contribution in [1.82, 2.24) is 0 Å². The van der Waals surface area contributed by atoms with Crippen LogP contribution in [0.4, 0.5) is 0 Å². The van der Waals surface area contributed by atoms with Crippen LogP contribution in [0.25, 0.3) is 0 Å². The summed E-state index contributed by atoms with van der Waals surface area (Å²) in [6, 6.07) is 0. The van der Waals surface area contributed by atoms with Crippen molar-refractivity contribution in [2.24, 2.45) is 0 Å². The van der Waals surface area contributed by atoms with E-state index in [-0.39, 0.29) is 11.9 Å². The molecule has 0 aromatic heterocycles. The van der Waals surface area contributed by atoms with Crippen LogP contribution in [0.3, 0.4) is 0 Å². The summed E-state index contributed by atoms with van der Waals surface area (Å²) in [5.41, 5.74) is 0. The van der Waals surface area contributed by atoms with E-state index in [0.717, 1.165) is 0 Å². The second-order valence-corrected chi connectivity index (χ2v) is 1.53. The molecule has 0 unspecified atom stereocenters. The number of hydrogen-bond acceptors (Lipinski definition) is 4. The summed E-state index contributed by atoms with van der Waals surface area (Å²) in [4.78, 5) is 26.4. The lowest BCUT2D eigenvalue weighted by molar-refractivity contribution is -0.191. The highest BCUT2D eigenvalue weighted by atomic mass is 16.5. The third-order valence-electron chi connectivity index (χ3n) is 0.658. The number of carbonyl (C=O) groups excluding carboxylic acids is 3. The molecule has 0 saturated heterocycles. The Morgan fingerprint density at radius 2 is 1.90 bits per heavy atom. The molecule has 0 aliphatic carbocycles. The average Bonchev–Trinajstić information content (AvgIpc) is 1.85. The zero-order valence-electron chi connectivity index (χ0n) is 6.05. The van der Waals surface area contributed by atoms with Crippen LogP contribution in [0.1, 0.15) is 13.3 Å². The van der Waals surface area contributed by atoms with Gasteiger partial charge in [0.05, 0.1) is 6.61 Å². The molecule has 0 spiro atoms. The molecular weight excluding hydrogens is 136 g/mol. The van der Waals surface area contributed by atoms with Crippen LogP contribution in [0.2, 0.25) is 0 Å². The van der Waals surface area contributed by atoms with E-state index < -0.39 is 0 Å². The molecule has 0 aliphatic rings. The van der Waals surface area contributed by atoms with Crippen molar-refractivity contribution in [3.05, 3.63) is 0 Å². The predicted octanol–water partition coefficient (Wildman–Crippen LogP) is 0.0284. The van der Waals surface area contributed by atoms with Gasteiger partial charge in [0.2, 0.25) is 0 Å². The zero-order valence-corrected chi connectivity index (χ0v) is 6.05. The Morgan fingerprint density at radius 1 is 1.50 bits per heavy atom. The lowest BCUT2D eigenvalue weighted by atomic mass is 10.3. The van der Waals surface area contributed by atoms with E-state index in [1.54, 1.807) is 14.0 Å². The second kappa shape index (κ2) is 10.9. The molecule has 10 heavy (non-hydrogen) atoms. The summed E-state index contributed by atoms with van der Waals surface area (Å²) in [6.45, 7) is 2.11. The molecule has 4 heteroatoms. The fourth-order valence-corrected chi connectivity index (χ4v) is 0.246. The summed E-state index contributed by atoms with van der Waals surface area (Å²) in [6.07, 6.45) is 0.788. The minimum atomic E-state index is 0.182. The van der Waals surface area contributed by atoms with Gasteiger partial charge in [-0.1, -0.05) is 0 Å². The largest absolute Gasteiger partial charge is 0.384 e. The van der Waals surface area contributed by atoms with Crippen LogP contribution in [0.15, 0.2) is 0 Å². The minimum absolute atomic E-state index is 0.182. The quantitative estimate of drug-likeness (QED) is 0.563. The van der Waals surface area contributed by atoms with E-state index in [1.807, 2.05) is 0 Å². The summed E-state index contributed by atoms with van der Waals surface area (Å²) in [7, 11) is 1.59. The highest BCUT2D eigenvalue weighted by Gasteiger charge is 1.87. The maximum absolute atomic E-state index is 10.1. The zero-order chi connectivity index (χ0) is 8.41. The number of Topliss-reactive ketones (excluding diaryl/α,β-unsaturated/α-hetero) is 1. The third-order valence-corrected chi connectivity index (χ3v) is 0.658. The number of rotatable bonds is 3. The van der Waals surface area contributed by atoms with Gasteiger partial charge in [-0.05, 0) is 6.92 Å². The monoisotopic (exact) mass is 146 g/mol. The molecular formula is C6H10O4. The lowest BCUT2D eigenvalue weighted by Crippen LogP contribution is -1.95. The molecule has 0 saturated carbocycles. The second-order valence-electron chi connectivity index (χ2n) is 1.53. The van der Waals surface area contributed by atoms with Crippen molar-refractivity contribution in [3.63, 3.8) is 0 Å². The molecule has 0 amide bonds. The Bertz CT molecular complexity index is 113. The standard InChI is InChI=1S/C5H10O2.CO2/c1-5(6)3-4-7-2;2-1-3/h3-4H2,1-2H3;. The number of hydrogen-bond donors (Lipinski definition) is 0. The van der Waals surface area contributed by atoms with Gasteiger partial charge in [-0.3, -0.25) is 4.79 Å². The van der Waals surface area contributed by atoms with Gasteiger partial charge in [0.15, 0.2) is 0 Å². The van der Waals surface area contributed by atoms with Crippen LogP contribution < -0.4 is 0 Å². The molecule has 0 atom stereocenters. The molecule has 0 aromatic carbocycles.